The minimum atomic E-state index is -3.79. The number of benzene rings is 2. The SMILES string of the molecule is COc1ccc(C(=O)OCC(=O)Nc2ccc3c(c2)OC(F)(F)O3)cc1[N+](=O)[O-]. The van der Waals surface area contributed by atoms with Gasteiger partial charge in [0.1, 0.15) is 0 Å². The number of hydrogen-bond acceptors (Lipinski definition) is 8. The van der Waals surface area contributed by atoms with Gasteiger partial charge in [-0.25, -0.2) is 4.79 Å². The number of esters is 1. The Balaban J connectivity index is 1.59. The Kier molecular flexibility index (Phi) is 5.17. The molecule has 0 unspecified atom stereocenters. The summed E-state index contributed by atoms with van der Waals surface area (Å²) in [4.78, 5) is 34.2. The third-order valence-corrected chi connectivity index (χ3v) is 3.63. The summed E-state index contributed by atoms with van der Waals surface area (Å²) in [7, 11) is 1.24. The van der Waals surface area contributed by atoms with Crippen molar-refractivity contribution in [3.8, 4) is 17.2 Å². The summed E-state index contributed by atoms with van der Waals surface area (Å²) in [5.74, 6) is -2.25. The van der Waals surface area contributed by atoms with E-state index < -0.39 is 35.4 Å². The first kappa shape index (κ1) is 19.8. The molecule has 1 heterocycles. The molecule has 1 aliphatic rings. The van der Waals surface area contributed by atoms with Gasteiger partial charge in [0.15, 0.2) is 23.9 Å². The molecule has 1 aliphatic heterocycles. The Morgan fingerprint density at radius 1 is 1.17 bits per heavy atom. The predicted molar refractivity (Wildman–Crippen MR) is 91.2 cm³/mol. The number of fused-ring (bicyclic) bond motifs is 1. The number of nitrogens with one attached hydrogen (secondary N) is 1. The van der Waals surface area contributed by atoms with Crippen molar-refractivity contribution < 1.29 is 42.2 Å². The first-order valence-corrected chi connectivity index (χ1v) is 7.88. The van der Waals surface area contributed by atoms with Gasteiger partial charge in [-0.1, -0.05) is 0 Å². The molecule has 0 atom stereocenters. The normalized spacial score (nSPS) is 13.5. The van der Waals surface area contributed by atoms with Crippen LogP contribution in [0.4, 0.5) is 20.2 Å². The number of hydrogen-bond donors (Lipinski definition) is 1. The fraction of sp³-hybridized carbons (Fsp3) is 0.176. The fourth-order valence-corrected chi connectivity index (χ4v) is 2.40. The highest BCUT2D eigenvalue weighted by molar-refractivity contribution is 5.96. The van der Waals surface area contributed by atoms with Gasteiger partial charge in [-0.05, 0) is 24.3 Å². The van der Waals surface area contributed by atoms with Crippen LogP contribution in [0.15, 0.2) is 36.4 Å². The molecule has 0 aromatic heterocycles. The van der Waals surface area contributed by atoms with Crippen molar-refractivity contribution in [3.05, 3.63) is 52.1 Å². The van der Waals surface area contributed by atoms with Crippen LogP contribution in [0.25, 0.3) is 0 Å². The van der Waals surface area contributed by atoms with E-state index in [4.69, 9.17) is 9.47 Å². The quantitative estimate of drug-likeness (QED) is 0.438. The second-order valence-electron chi connectivity index (χ2n) is 5.60. The van der Waals surface area contributed by atoms with Crippen molar-refractivity contribution in [1.82, 2.24) is 0 Å². The second kappa shape index (κ2) is 7.58. The number of rotatable bonds is 6. The van der Waals surface area contributed by atoms with Crippen LogP contribution >= 0.6 is 0 Å². The van der Waals surface area contributed by atoms with Gasteiger partial charge in [-0.3, -0.25) is 14.9 Å². The summed E-state index contributed by atoms with van der Waals surface area (Å²) in [5.41, 5.74) is -0.495. The van der Waals surface area contributed by atoms with Crippen LogP contribution in [0.2, 0.25) is 0 Å². The number of carbonyl (C=O) groups excluding carboxylic acids is 2. The van der Waals surface area contributed by atoms with E-state index in [9.17, 15) is 28.5 Å². The molecule has 29 heavy (non-hydrogen) atoms. The van der Waals surface area contributed by atoms with Crippen LogP contribution in [0.1, 0.15) is 10.4 Å². The van der Waals surface area contributed by atoms with Gasteiger partial charge in [0.25, 0.3) is 5.91 Å². The number of carbonyl (C=O) groups is 2. The molecule has 0 fully saturated rings. The standard InChI is InChI=1S/C17H12F2N2O8/c1-26-12-4-2-9(6-11(12)21(24)25)16(23)27-8-15(22)20-10-3-5-13-14(7-10)29-17(18,19)28-13/h2-7H,8H2,1H3,(H,20,22). The number of alkyl halides is 2. The van der Waals surface area contributed by atoms with E-state index in [2.05, 4.69) is 14.8 Å². The lowest BCUT2D eigenvalue weighted by Crippen LogP contribution is -2.25. The Labute approximate surface area is 161 Å². The topological polar surface area (TPSA) is 126 Å². The monoisotopic (exact) mass is 410 g/mol. The smallest absolute Gasteiger partial charge is 0.490 e. The fourth-order valence-electron chi connectivity index (χ4n) is 2.40. The molecule has 12 heteroatoms. The molecule has 2 aromatic rings. The van der Waals surface area contributed by atoms with Gasteiger partial charge in [-0.2, -0.15) is 0 Å². The molecule has 2 aromatic carbocycles. The summed E-state index contributed by atoms with van der Waals surface area (Å²) in [5, 5.41) is 13.3. The summed E-state index contributed by atoms with van der Waals surface area (Å²) >= 11 is 0. The predicted octanol–water partition coefficient (Wildman–Crippen LogP) is 2.72. The maximum Gasteiger partial charge on any atom is 0.586 e. The van der Waals surface area contributed by atoms with Gasteiger partial charge in [0.2, 0.25) is 0 Å². The highest BCUT2D eigenvalue weighted by Crippen LogP contribution is 2.42. The van der Waals surface area contributed by atoms with Gasteiger partial charge < -0.3 is 24.3 Å². The van der Waals surface area contributed by atoms with E-state index in [1.807, 2.05) is 0 Å². The van der Waals surface area contributed by atoms with Crippen LogP contribution in [-0.2, 0) is 9.53 Å². The Bertz CT molecular complexity index is 995. The first-order chi connectivity index (χ1) is 13.7. The lowest BCUT2D eigenvalue weighted by molar-refractivity contribution is -0.385. The van der Waals surface area contributed by atoms with E-state index in [1.165, 1.54) is 31.4 Å². The molecular weight excluding hydrogens is 398 g/mol. The molecule has 0 saturated carbocycles. The van der Waals surface area contributed by atoms with Crippen LogP contribution in [0.5, 0.6) is 17.2 Å². The Morgan fingerprint density at radius 2 is 1.90 bits per heavy atom. The van der Waals surface area contributed by atoms with Crippen molar-refractivity contribution in [2.24, 2.45) is 0 Å². The van der Waals surface area contributed by atoms with Crippen LogP contribution < -0.4 is 19.5 Å². The lowest BCUT2D eigenvalue weighted by atomic mass is 10.2. The zero-order valence-electron chi connectivity index (χ0n) is 14.6. The van der Waals surface area contributed by atoms with E-state index in [0.29, 0.717) is 0 Å². The summed E-state index contributed by atoms with van der Waals surface area (Å²) in [6.45, 7) is -0.719. The van der Waals surface area contributed by atoms with Gasteiger partial charge >= 0.3 is 18.0 Å². The maximum atomic E-state index is 13.0. The molecule has 10 nitrogen and oxygen atoms in total. The number of methoxy groups -OCH3 is 1. The van der Waals surface area contributed by atoms with Gasteiger partial charge in [-0.15, -0.1) is 8.78 Å². The third kappa shape index (κ3) is 4.48. The van der Waals surface area contributed by atoms with E-state index in [0.717, 1.165) is 12.1 Å². The zero-order valence-corrected chi connectivity index (χ0v) is 14.6. The second-order valence-corrected chi connectivity index (χ2v) is 5.60. The van der Waals surface area contributed by atoms with E-state index >= 15 is 0 Å². The highest BCUT2D eigenvalue weighted by atomic mass is 19.3. The molecular formula is C17H12F2N2O8. The number of nitro benzene ring substituents is 1. The number of nitro groups is 1. The van der Waals surface area contributed by atoms with Gasteiger partial charge in [0.05, 0.1) is 17.6 Å². The first-order valence-electron chi connectivity index (χ1n) is 7.88. The molecule has 3 rings (SSSR count). The summed E-state index contributed by atoms with van der Waals surface area (Å²) in [6, 6.07) is 6.99. The lowest BCUT2D eigenvalue weighted by Gasteiger charge is -2.08. The average Bonchev–Trinajstić information content (AvgIpc) is 2.98. The molecule has 0 spiro atoms. The van der Waals surface area contributed by atoms with E-state index in [-0.39, 0.29) is 28.5 Å². The summed E-state index contributed by atoms with van der Waals surface area (Å²) < 4.78 is 44.1. The molecule has 152 valence electrons. The molecule has 0 radical (unpaired) electrons. The Morgan fingerprint density at radius 3 is 2.59 bits per heavy atom. The van der Waals surface area contributed by atoms with Crippen molar-refractivity contribution >= 4 is 23.3 Å². The largest absolute Gasteiger partial charge is 0.586 e. The number of amides is 1. The van der Waals surface area contributed by atoms with E-state index in [1.54, 1.807) is 0 Å². The van der Waals surface area contributed by atoms with Crippen molar-refractivity contribution in [3.63, 3.8) is 0 Å². The Hall–Kier alpha value is -3.96. The minimum absolute atomic E-state index is 0.0438. The number of halogens is 2. The minimum Gasteiger partial charge on any atom is -0.490 e. The average molecular weight is 410 g/mol. The van der Waals surface area contributed by atoms with Crippen LogP contribution in [-0.4, -0.2) is 36.8 Å². The number of anilines is 1. The maximum absolute atomic E-state index is 13.0. The van der Waals surface area contributed by atoms with Crippen LogP contribution in [0.3, 0.4) is 0 Å². The molecule has 1 N–H and O–H groups in total. The van der Waals surface area contributed by atoms with Crippen molar-refractivity contribution in [2.45, 2.75) is 6.29 Å². The van der Waals surface area contributed by atoms with Crippen molar-refractivity contribution in [2.75, 3.05) is 19.0 Å². The number of nitrogens with zero attached hydrogens (tertiary/aromatic N) is 1. The zero-order chi connectivity index (χ0) is 21.2. The third-order valence-electron chi connectivity index (χ3n) is 3.63. The molecule has 1 amide bonds. The molecule has 0 saturated heterocycles. The highest BCUT2D eigenvalue weighted by Gasteiger charge is 2.43. The van der Waals surface area contributed by atoms with Gasteiger partial charge in [0, 0.05) is 17.8 Å². The van der Waals surface area contributed by atoms with Crippen LogP contribution in [0, 0.1) is 10.1 Å². The molecule has 0 bridgehead atoms. The summed E-state index contributed by atoms with van der Waals surface area (Å²) in [6.07, 6.45) is -3.79. The molecule has 0 aliphatic carbocycles. The van der Waals surface area contributed by atoms with Crippen molar-refractivity contribution in [1.29, 1.82) is 0 Å². The number of ether oxygens (including phenoxy) is 4.